The van der Waals surface area contributed by atoms with Crippen LogP contribution in [0.1, 0.15) is 30.4 Å². The first-order valence-electron chi connectivity index (χ1n) is 9.00. The Kier molecular flexibility index (Phi) is 6.16. The van der Waals surface area contributed by atoms with Crippen molar-refractivity contribution in [1.82, 2.24) is 25.6 Å². The van der Waals surface area contributed by atoms with Crippen LogP contribution in [0.3, 0.4) is 0 Å². The SMILES string of the molecule is C[C@@H]1N[C@H](C(=O)NCc2cc(-c3cnc(C(F)(F)F)nc3)cnc2C(F)(F)F)C[C@H]1F. The van der Waals surface area contributed by atoms with Crippen molar-refractivity contribution < 1.29 is 35.5 Å². The molecule has 1 fully saturated rings. The van der Waals surface area contributed by atoms with Crippen molar-refractivity contribution in [1.29, 1.82) is 0 Å². The zero-order valence-electron chi connectivity index (χ0n) is 15.9. The molecule has 0 radical (unpaired) electrons. The van der Waals surface area contributed by atoms with E-state index in [9.17, 15) is 35.5 Å². The molecule has 2 aromatic heterocycles. The molecule has 1 saturated heterocycles. The summed E-state index contributed by atoms with van der Waals surface area (Å²) in [5.41, 5.74) is -1.64. The molecule has 0 spiro atoms. The number of nitrogens with zero attached hydrogens (tertiary/aromatic N) is 3. The molecule has 2 N–H and O–H groups in total. The van der Waals surface area contributed by atoms with Crippen molar-refractivity contribution in [3.63, 3.8) is 0 Å². The molecule has 0 saturated carbocycles. The number of pyridine rings is 1. The molecule has 3 atom stereocenters. The first-order chi connectivity index (χ1) is 14.4. The van der Waals surface area contributed by atoms with Gasteiger partial charge < -0.3 is 10.6 Å². The zero-order chi connectivity index (χ0) is 23.0. The smallest absolute Gasteiger partial charge is 0.351 e. The molecule has 0 aliphatic carbocycles. The summed E-state index contributed by atoms with van der Waals surface area (Å²) < 4.78 is 91.3. The summed E-state index contributed by atoms with van der Waals surface area (Å²) in [6.07, 6.45) is -8.52. The average molecular weight is 451 g/mol. The van der Waals surface area contributed by atoms with Gasteiger partial charge in [-0.25, -0.2) is 14.4 Å². The van der Waals surface area contributed by atoms with Gasteiger partial charge in [0.1, 0.15) is 11.9 Å². The quantitative estimate of drug-likeness (QED) is 0.698. The summed E-state index contributed by atoms with van der Waals surface area (Å²) in [4.78, 5) is 21.9. The third-order valence-corrected chi connectivity index (χ3v) is 4.71. The van der Waals surface area contributed by atoms with E-state index in [1.165, 1.54) is 0 Å². The van der Waals surface area contributed by atoms with E-state index < -0.39 is 60.1 Å². The first kappa shape index (κ1) is 22.8. The molecule has 168 valence electrons. The van der Waals surface area contributed by atoms with E-state index >= 15 is 0 Å². The number of hydrogen-bond acceptors (Lipinski definition) is 5. The number of hydrogen-bond donors (Lipinski definition) is 2. The topological polar surface area (TPSA) is 79.8 Å². The molecule has 6 nitrogen and oxygen atoms in total. The molecule has 3 heterocycles. The Balaban J connectivity index is 1.83. The lowest BCUT2D eigenvalue weighted by Crippen LogP contribution is -2.42. The first-order valence-corrected chi connectivity index (χ1v) is 9.00. The molecule has 1 aliphatic heterocycles. The van der Waals surface area contributed by atoms with Crippen molar-refractivity contribution in [3.8, 4) is 11.1 Å². The zero-order valence-corrected chi connectivity index (χ0v) is 15.9. The van der Waals surface area contributed by atoms with E-state index in [1.807, 2.05) is 0 Å². The molecule has 31 heavy (non-hydrogen) atoms. The minimum absolute atomic E-state index is 0.00774. The van der Waals surface area contributed by atoms with Crippen LogP contribution in [0.4, 0.5) is 30.7 Å². The third-order valence-electron chi connectivity index (χ3n) is 4.71. The normalized spacial score (nSPS) is 21.9. The molecule has 2 aromatic rings. The number of carbonyl (C=O) groups is 1. The Hall–Kier alpha value is -2.83. The number of rotatable bonds is 4. The van der Waals surface area contributed by atoms with Crippen LogP contribution in [0.2, 0.25) is 0 Å². The maximum absolute atomic E-state index is 13.6. The van der Waals surface area contributed by atoms with Crippen LogP contribution >= 0.6 is 0 Å². The maximum atomic E-state index is 13.6. The molecule has 0 bridgehead atoms. The summed E-state index contributed by atoms with van der Waals surface area (Å²) in [7, 11) is 0. The van der Waals surface area contributed by atoms with Gasteiger partial charge in [0.25, 0.3) is 0 Å². The second kappa shape index (κ2) is 8.36. The molecule has 13 heteroatoms. The summed E-state index contributed by atoms with van der Waals surface area (Å²) in [5, 5.41) is 5.02. The average Bonchev–Trinajstić information content (AvgIpc) is 3.03. The number of nitrogens with one attached hydrogen (secondary N) is 2. The Morgan fingerprint density at radius 1 is 1.06 bits per heavy atom. The van der Waals surface area contributed by atoms with Gasteiger partial charge in [-0.3, -0.25) is 9.78 Å². The molecular weight excluding hydrogens is 435 g/mol. The van der Waals surface area contributed by atoms with Crippen LogP contribution in [-0.2, 0) is 23.7 Å². The molecule has 1 aliphatic rings. The predicted molar refractivity (Wildman–Crippen MR) is 93.0 cm³/mol. The monoisotopic (exact) mass is 451 g/mol. The minimum atomic E-state index is -4.83. The number of amides is 1. The van der Waals surface area contributed by atoms with Gasteiger partial charge in [-0.2, -0.15) is 26.3 Å². The Morgan fingerprint density at radius 2 is 1.68 bits per heavy atom. The highest BCUT2D eigenvalue weighted by atomic mass is 19.4. The number of halogens is 7. The van der Waals surface area contributed by atoms with Gasteiger partial charge in [0, 0.05) is 54.3 Å². The van der Waals surface area contributed by atoms with Crippen LogP contribution in [0, 0.1) is 0 Å². The van der Waals surface area contributed by atoms with E-state index in [4.69, 9.17) is 0 Å². The van der Waals surface area contributed by atoms with Crippen molar-refractivity contribution in [3.05, 3.63) is 41.7 Å². The highest BCUT2D eigenvalue weighted by Gasteiger charge is 2.37. The van der Waals surface area contributed by atoms with Crippen LogP contribution < -0.4 is 10.6 Å². The summed E-state index contributed by atoms with van der Waals surface area (Å²) in [6, 6.07) is -0.421. The van der Waals surface area contributed by atoms with Crippen molar-refractivity contribution in [2.24, 2.45) is 0 Å². The predicted octanol–water partition coefficient (Wildman–Crippen LogP) is 3.28. The molecular formula is C18H16F7N5O. The number of alkyl halides is 7. The van der Waals surface area contributed by atoms with Gasteiger partial charge in [-0.05, 0) is 13.0 Å². The second-order valence-electron chi connectivity index (χ2n) is 7.00. The van der Waals surface area contributed by atoms with Gasteiger partial charge in [0.05, 0.1) is 6.04 Å². The second-order valence-corrected chi connectivity index (χ2v) is 7.00. The number of carbonyl (C=O) groups excluding carboxylic acids is 1. The summed E-state index contributed by atoms with van der Waals surface area (Å²) >= 11 is 0. The minimum Gasteiger partial charge on any atom is -0.351 e. The Labute approximate surface area is 171 Å². The van der Waals surface area contributed by atoms with Crippen molar-refractivity contribution >= 4 is 5.91 Å². The van der Waals surface area contributed by atoms with Crippen molar-refractivity contribution in [2.75, 3.05) is 0 Å². The van der Waals surface area contributed by atoms with E-state index in [1.54, 1.807) is 6.92 Å². The lowest BCUT2D eigenvalue weighted by molar-refractivity contribution is -0.145. The van der Waals surface area contributed by atoms with Gasteiger partial charge >= 0.3 is 12.4 Å². The van der Waals surface area contributed by atoms with Crippen molar-refractivity contribution in [2.45, 2.75) is 50.5 Å². The van der Waals surface area contributed by atoms with E-state index in [2.05, 4.69) is 25.6 Å². The van der Waals surface area contributed by atoms with E-state index in [-0.39, 0.29) is 17.5 Å². The molecule has 0 unspecified atom stereocenters. The van der Waals surface area contributed by atoms with Crippen LogP contribution in [0.25, 0.3) is 11.1 Å². The standard InChI is InChI=1S/C18H16F7N5O/c1-8-12(19)3-13(30-8)15(31)27-5-10-2-9(4-26-14(10)17(20,21)22)11-6-28-16(29-7-11)18(23,24)25/h2,4,6-8,12-13,30H,3,5H2,1H3,(H,27,31)/t8-,12+,13-/m0/s1. The third kappa shape index (κ3) is 5.27. The largest absolute Gasteiger partial charge is 0.451 e. The van der Waals surface area contributed by atoms with Crippen LogP contribution in [0.15, 0.2) is 24.7 Å². The molecule has 1 amide bonds. The maximum Gasteiger partial charge on any atom is 0.451 e. The van der Waals surface area contributed by atoms with Gasteiger partial charge in [0.2, 0.25) is 11.7 Å². The van der Waals surface area contributed by atoms with E-state index in [0.29, 0.717) is 0 Å². The van der Waals surface area contributed by atoms with Gasteiger partial charge in [0.15, 0.2) is 0 Å². The highest BCUT2D eigenvalue weighted by molar-refractivity contribution is 5.82. The van der Waals surface area contributed by atoms with E-state index in [0.717, 1.165) is 24.7 Å². The van der Waals surface area contributed by atoms with Gasteiger partial charge in [-0.1, -0.05) is 0 Å². The lowest BCUT2D eigenvalue weighted by atomic mass is 10.1. The van der Waals surface area contributed by atoms with Crippen LogP contribution in [-0.4, -0.2) is 39.1 Å². The fraction of sp³-hybridized carbons (Fsp3) is 0.444. The summed E-state index contributed by atoms with van der Waals surface area (Å²) in [6.45, 7) is 0.971. The summed E-state index contributed by atoms with van der Waals surface area (Å²) in [5.74, 6) is -2.07. The highest BCUT2D eigenvalue weighted by Crippen LogP contribution is 2.33. The van der Waals surface area contributed by atoms with Crippen LogP contribution in [0.5, 0.6) is 0 Å². The molecule has 3 rings (SSSR count). The number of aromatic nitrogens is 3. The van der Waals surface area contributed by atoms with Gasteiger partial charge in [-0.15, -0.1) is 0 Å². The lowest BCUT2D eigenvalue weighted by Gasteiger charge is -2.16. The fourth-order valence-electron chi connectivity index (χ4n) is 3.09. The fourth-order valence-corrected chi connectivity index (χ4v) is 3.09. The Bertz CT molecular complexity index is 936. The Morgan fingerprint density at radius 3 is 2.19 bits per heavy atom. The molecule has 0 aromatic carbocycles.